The zero-order valence-corrected chi connectivity index (χ0v) is 15.5. The molecule has 0 aliphatic heterocycles. The van der Waals surface area contributed by atoms with Gasteiger partial charge in [0.15, 0.2) is 11.5 Å². The van der Waals surface area contributed by atoms with Gasteiger partial charge in [0.1, 0.15) is 0 Å². The summed E-state index contributed by atoms with van der Waals surface area (Å²) in [5.41, 5.74) is 3.05. The second-order valence-electron chi connectivity index (χ2n) is 6.22. The predicted molar refractivity (Wildman–Crippen MR) is 98.8 cm³/mol. The van der Waals surface area contributed by atoms with Crippen LogP contribution in [0.5, 0.6) is 11.5 Å². The molecule has 5 heteroatoms. The minimum atomic E-state index is -0.0791. The molecular formula is C20H22ClNO3. The Morgan fingerprint density at radius 2 is 1.96 bits per heavy atom. The molecule has 0 fully saturated rings. The summed E-state index contributed by atoms with van der Waals surface area (Å²) in [6.07, 6.45) is 3.10. The Bertz CT molecular complexity index is 791. The van der Waals surface area contributed by atoms with Crippen LogP contribution in [0.4, 0.5) is 0 Å². The molecule has 0 N–H and O–H groups in total. The van der Waals surface area contributed by atoms with Crippen molar-refractivity contribution >= 4 is 17.5 Å². The molecule has 1 aliphatic rings. The van der Waals surface area contributed by atoms with Crippen LogP contribution in [0.2, 0.25) is 5.02 Å². The number of carbonyl (C=O) groups is 1. The van der Waals surface area contributed by atoms with Gasteiger partial charge in [-0.2, -0.15) is 0 Å². The first kappa shape index (κ1) is 17.6. The number of amides is 1. The minimum Gasteiger partial charge on any atom is -0.493 e. The highest BCUT2D eigenvalue weighted by molar-refractivity contribution is 6.32. The number of carbonyl (C=O) groups excluding carboxylic acids is 1. The highest BCUT2D eigenvalue weighted by atomic mass is 35.5. The molecule has 0 radical (unpaired) electrons. The molecule has 1 atom stereocenters. The van der Waals surface area contributed by atoms with Gasteiger partial charge in [0.25, 0.3) is 5.91 Å². The molecular weight excluding hydrogens is 338 g/mol. The van der Waals surface area contributed by atoms with E-state index in [0.717, 1.165) is 19.3 Å². The lowest BCUT2D eigenvalue weighted by molar-refractivity contribution is 0.0714. The second kappa shape index (κ2) is 7.36. The molecule has 4 nitrogen and oxygen atoms in total. The predicted octanol–water partition coefficient (Wildman–Crippen LogP) is 4.51. The Morgan fingerprint density at radius 1 is 1.20 bits per heavy atom. The fraction of sp³-hybridized carbons (Fsp3) is 0.350. The van der Waals surface area contributed by atoms with Gasteiger partial charge in [0.05, 0.1) is 25.3 Å². The van der Waals surface area contributed by atoms with E-state index in [0.29, 0.717) is 22.1 Å². The van der Waals surface area contributed by atoms with Gasteiger partial charge < -0.3 is 14.4 Å². The lowest BCUT2D eigenvalue weighted by atomic mass is 9.87. The van der Waals surface area contributed by atoms with Crippen molar-refractivity contribution in [1.82, 2.24) is 4.90 Å². The molecule has 0 bridgehead atoms. The first-order chi connectivity index (χ1) is 12.1. The van der Waals surface area contributed by atoms with Crippen molar-refractivity contribution in [2.75, 3.05) is 21.3 Å². The zero-order chi connectivity index (χ0) is 18.0. The number of halogens is 1. The van der Waals surface area contributed by atoms with Crippen molar-refractivity contribution in [3.8, 4) is 11.5 Å². The molecule has 0 saturated carbocycles. The number of rotatable bonds is 4. The molecule has 0 heterocycles. The van der Waals surface area contributed by atoms with E-state index in [1.165, 1.54) is 25.3 Å². The third-order valence-electron chi connectivity index (χ3n) is 4.81. The van der Waals surface area contributed by atoms with Crippen molar-refractivity contribution < 1.29 is 14.3 Å². The first-order valence-corrected chi connectivity index (χ1v) is 8.71. The van der Waals surface area contributed by atoms with Gasteiger partial charge in [-0.15, -0.1) is 0 Å². The Morgan fingerprint density at radius 3 is 2.68 bits per heavy atom. The van der Waals surface area contributed by atoms with E-state index < -0.39 is 0 Å². The fourth-order valence-corrected chi connectivity index (χ4v) is 3.81. The smallest absolute Gasteiger partial charge is 0.254 e. The van der Waals surface area contributed by atoms with Crippen LogP contribution in [-0.2, 0) is 6.42 Å². The fourth-order valence-electron chi connectivity index (χ4n) is 3.52. The summed E-state index contributed by atoms with van der Waals surface area (Å²) in [5.74, 6) is 0.812. The summed E-state index contributed by atoms with van der Waals surface area (Å²) in [5, 5.41) is 0.364. The number of ether oxygens (including phenoxy) is 2. The van der Waals surface area contributed by atoms with E-state index in [1.54, 1.807) is 17.0 Å². The standard InChI is InChI=1S/C20H22ClNO3/c1-22(17-10-6-8-13-7-4-5-9-15(13)17)20(23)14-11-16(21)19(25-3)18(12-14)24-2/h4-5,7,9,11-12,17H,6,8,10H2,1-3H3. The highest BCUT2D eigenvalue weighted by Crippen LogP contribution is 2.38. The van der Waals surface area contributed by atoms with Crippen LogP contribution in [0.1, 0.15) is 40.4 Å². The molecule has 132 valence electrons. The Balaban J connectivity index is 1.93. The van der Waals surface area contributed by atoms with Crippen LogP contribution in [-0.4, -0.2) is 32.1 Å². The third kappa shape index (κ3) is 3.31. The SMILES string of the molecule is COc1cc(C(=O)N(C)C2CCCc3ccccc32)cc(Cl)c1OC. The maximum atomic E-state index is 13.0. The number of hydrogen-bond acceptors (Lipinski definition) is 3. The van der Waals surface area contributed by atoms with Gasteiger partial charge in [-0.25, -0.2) is 0 Å². The monoisotopic (exact) mass is 359 g/mol. The van der Waals surface area contributed by atoms with Gasteiger partial charge in [-0.3, -0.25) is 4.79 Å². The molecule has 1 amide bonds. The number of methoxy groups -OCH3 is 2. The Labute approximate surface area is 153 Å². The molecule has 0 spiro atoms. The van der Waals surface area contributed by atoms with Gasteiger partial charge in [-0.05, 0) is 42.5 Å². The zero-order valence-electron chi connectivity index (χ0n) is 14.7. The lowest BCUT2D eigenvalue weighted by Crippen LogP contribution is -2.33. The molecule has 0 aromatic heterocycles. The van der Waals surface area contributed by atoms with Crippen LogP contribution in [0.3, 0.4) is 0 Å². The topological polar surface area (TPSA) is 38.8 Å². The van der Waals surface area contributed by atoms with Crippen molar-refractivity contribution in [3.63, 3.8) is 0 Å². The average Bonchev–Trinajstić information content (AvgIpc) is 2.65. The lowest BCUT2D eigenvalue weighted by Gasteiger charge is -2.33. The van der Waals surface area contributed by atoms with Crippen LogP contribution in [0.15, 0.2) is 36.4 Å². The molecule has 0 saturated heterocycles. The highest BCUT2D eigenvalue weighted by Gasteiger charge is 2.28. The Hall–Kier alpha value is -2.20. The van der Waals surface area contributed by atoms with Crippen LogP contribution in [0, 0.1) is 0 Å². The quantitative estimate of drug-likeness (QED) is 0.806. The first-order valence-electron chi connectivity index (χ1n) is 8.33. The molecule has 1 unspecified atom stereocenters. The van der Waals surface area contributed by atoms with Crippen molar-refractivity contribution in [1.29, 1.82) is 0 Å². The largest absolute Gasteiger partial charge is 0.493 e. The average molecular weight is 360 g/mol. The van der Waals surface area contributed by atoms with E-state index in [1.807, 2.05) is 13.1 Å². The second-order valence-corrected chi connectivity index (χ2v) is 6.62. The van der Waals surface area contributed by atoms with Crippen molar-refractivity contribution in [3.05, 3.63) is 58.1 Å². The van der Waals surface area contributed by atoms with Crippen LogP contribution >= 0.6 is 11.6 Å². The summed E-state index contributed by atoms with van der Waals surface area (Å²) < 4.78 is 10.6. The minimum absolute atomic E-state index is 0.0734. The summed E-state index contributed by atoms with van der Waals surface area (Å²) >= 11 is 6.25. The number of hydrogen-bond donors (Lipinski definition) is 0. The molecule has 2 aromatic rings. The van der Waals surface area contributed by atoms with Crippen molar-refractivity contribution in [2.45, 2.75) is 25.3 Å². The maximum Gasteiger partial charge on any atom is 0.254 e. The van der Waals surface area contributed by atoms with E-state index in [-0.39, 0.29) is 11.9 Å². The van der Waals surface area contributed by atoms with E-state index in [4.69, 9.17) is 21.1 Å². The van der Waals surface area contributed by atoms with Crippen LogP contribution < -0.4 is 9.47 Å². The number of benzene rings is 2. The third-order valence-corrected chi connectivity index (χ3v) is 5.09. The maximum absolute atomic E-state index is 13.0. The summed E-state index contributed by atoms with van der Waals surface area (Å²) in [6.45, 7) is 0. The number of nitrogens with zero attached hydrogens (tertiary/aromatic N) is 1. The molecule has 25 heavy (non-hydrogen) atoms. The van der Waals surface area contributed by atoms with E-state index in [2.05, 4.69) is 18.2 Å². The van der Waals surface area contributed by atoms with E-state index >= 15 is 0 Å². The van der Waals surface area contributed by atoms with E-state index in [9.17, 15) is 4.79 Å². The Kier molecular flexibility index (Phi) is 5.19. The van der Waals surface area contributed by atoms with Crippen LogP contribution in [0.25, 0.3) is 0 Å². The molecule has 2 aromatic carbocycles. The number of fused-ring (bicyclic) bond motifs is 1. The van der Waals surface area contributed by atoms with Crippen molar-refractivity contribution in [2.24, 2.45) is 0 Å². The summed E-state index contributed by atoms with van der Waals surface area (Å²) in [4.78, 5) is 14.8. The molecule has 3 rings (SSSR count). The normalized spacial score (nSPS) is 16.1. The van der Waals surface area contributed by atoms with Gasteiger partial charge in [0, 0.05) is 12.6 Å². The number of aryl methyl sites for hydroxylation is 1. The van der Waals surface area contributed by atoms with Gasteiger partial charge >= 0.3 is 0 Å². The summed E-state index contributed by atoms with van der Waals surface area (Å²) in [6, 6.07) is 11.7. The molecule has 1 aliphatic carbocycles. The van der Waals surface area contributed by atoms with Gasteiger partial charge in [0.2, 0.25) is 0 Å². The van der Waals surface area contributed by atoms with Gasteiger partial charge in [-0.1, -0.05) is 35.9 Å². The summed E-state index contributed by atoms with van der Waals surface area (Å²) in [7, 11) is 4.90.